The normalized spacial score (nSPS) is 13.2. The topological polar surface area (TPSA) is 29.3 Å². The van der Waals surface area contributed by atoms with E-state index >= 15 is 0 Å². The molecule has 0 aliphatic rings. The van der Waals surface area contributed by atoms with Gasteiger partial charge in [-0.05, 0) is 36.9 Å². The second-order valence-corrected chi connectivity index (χ2v) is 5.33. The number of rotatable bonds is 8. The molecule has 0 amide bonds. The van der Waals surface area contributed by atoms with E-state index in [1.165, 1.54) is 17.7 Å². The van der Waals surface area contributed by atoms with Crippen molar-refractivity contribution < 1.29 is 0 Å². The van der Waals surface area contributed by atoms with Crippen LogP contribution >= 0.6 is 11.3 Å². The summed E-state index contributed by atoms with van der Waals surface area (Å²) in [6.45, 7) is 8.60. The molecule has 0 fully saturated rings. The summed E-state index contributed by atoms with van der Waals surface area (Å²) in [5, 5.41) is 2.15. The number of thiophene rings is 1. The Balaban J connectivity index is 2.41. The molecule has 1 unspecified atom stereocenters. The molecule has 1 atom stereocenters. The molecule has 0 bridgehead atoms. The summed E-state index contributed by atoms with van der Waals surface area (Å²) in [5.41, 5.74) is 5.81. The first-order valence-electron chi connectivity index (χ1n) is 6.24. The summed E-state index contributed by atoms with van der Waals surface area (Å²) in [7, 11) is 0. The van der Waals surface area contributed by atoms with E-state index in [2.05, 4.69) is 36.3 Å². The van der Waals surface area contributed by atoms with Crippen molar-refractivity contribution in [1.29, 1.82) is 0 Å². The second-order valence-electron chi connectivity index (χ2n) is 4.30. The molecule has 3 heteroatoms. The van der Waals surface area contributed by atoms with Crippen LogP contribution in [0.25, 0.3) is 0 Å². The monoisotopic (exact) mass is 240 g/mol. The van der Waals surface area contributed by atoms with Gasteiger partial charge in [-0.3, -0.25) is 4.90 Å². The molecule has 0 saturated carbocycles. The summed E-state index contributed by atoms with van der Waals surface area (Å²) in [6, 6.07) is 4.34. The van der Waals surface area contributed by atoms with Crippen molar-refractivity contribution in [2.24, 2.45) is 11.7 Å². The van der Waals surface area contributed by atoms with Crippen LogP contribution in [0.4, 0.5) is 0 Å². The Kier molecular flexibility index (Phi) is 6.69. The standard InChI is InChI=1S/C13H24N2S/c1-3-6-12(9-14)10-15(4-2)11-13-7-5-8-16-13/h5,7-8,12H,3-4,6,9-11,14H2,1-2H3. The van der Waals surface area contributed by atoms with Crippen molar-refractivity contribution in [1.82, 2.24) is 4.90 Å². The van der Waals surface area contributed by atoms with E-state index in [-0.39, 0.29) is 0 Å². The Hall–Kier alpha value is -0.380. The minimum absolute atomic E-state index is 0.657. The molecule has 1 heterocycles. The van der Waals surface area contributed by atoms with Crippen LogP contribution < -0.4 is 5.73 Å². The van der Waals surface area contributed by atoms with Crippen LogP contribution in [-0.4, -0.2) is 24.5 Å². The molecule has 2 N–H and O–H groups in total. The first-order valence-corrected chi connectivity index (χ1v) is 7.12. The molecule has 0 aromatic carbocycles. The van der Waals surface area contributed by atoms with E-state index < -0.39 is 0 Å². The molecular weight excluding hydrogens is 216 g/mol. The molecule has 0 saturated heterocycles. The smallest absolute Gasteiger partial charge is 0.0327 e. The fraction of sp³-hybridized carbons (Fsp3) is 0.692. The van der Waals surface area contributed by atoms with Crippen LogP contribution in [-0.2, 0) is 6.54 Å². The van der Waals surface area contributed by atoms with Gasteiger partial charge in [-0.25, -0.2) is 0 Å². The van der Waals surface area contributed by atoms with Gasteiger partial charge in [-0.2, -0.15) is 0 Å². The molecule has 0 aliphatic heterocycles. The average molecular weight is 240 g/mol. The largest absolute Gasteiger partial charge is 0.330 e. The summed E-state index contributed by atoms with van der Waals surface area (Å²) in [5.74, 6) is 0.657. The zero-order valence-electron chi connectivity index (χ0n) is 10.5. The Labute approximate surface area is 103 Å². The molecular formula is C13H24N2S. The van der Waals surface area contributed by atoms with Gasteiger partial charge in [0.25, 0.3) is 0 Å². The number of nitrogens with zero attached hydrogens (tertiary/aromatic N) is 1. The van der Waals surface area contributed by atoms with E-state index in [9.17, 15) is 0 Å². The minimum atomic E-state index is 0.657. The maximum Gasteiger partial charge on any atom is 0.0327 e. The predicted octanol–water partition coefficient (Wildman–Crippen LogP) is 2.95. The van der Waals surface area contributed by atoms with Crippen molar-refractivity contribution in [3.8, 4) is 0 Å². The summed E-state index contributed by atoms with van der Waals surface area (Å²) >= 11 is 1.84. The van der Waals surface area contributed by atoms with Gasteiger partial charge in [0.2, 0.25) is 0 Å². The lowest BCUT2D eigenvalue weighted by atomic mass is 10.0. The molecule has 0 radical (unpaired) electrons. The highest BCUT2D eigenvalue weighted by atomic mass is 32.1. The third kappa shape index (κ3) is 4.64. The lowest BCUT2D eigenvalue weighted by Crippen LogP contribution is -2.32. The van der Waals surface area contributed by atoms with Gasteiger partial charge >= 0.3 is 0 Å². The summed E-state index contributed by atoms with van der Waals surface area (Å²) < 4.78 is 0. The van der Waals surface area contributed by atoms with E-state index in [4.69, 9.17) is 5.73 Å². The second kappa shape index (κ2) is 7.82. The molecule has 1 aromatic rings. The molecule has 2 nitrogen and oxygen atoms in total. The fourth-order valence-corrected chi connectivity index (χ4v) is 2.73. The Morgan fingerprint density at radius 3 is 2.75 bits per heavy atom. The fourth-order valence-electron chi connectivity index (χ4n) is 1.99. The van der Waals surface area contributed by atoms with Crippen LogP contribution in [0, 0.1) is 5.92 Å². The van der Waals surface area contributed by atoms with E-state index in [0.29, 0.717) is 5.92 Å². The van der Waals surface area contributed by atoms with Gasteiger partial charge in [0, 0.05) is 18.0 Å². The first kappa shape index (κ1) is 13.7. The highest BCUT2D eigenvalue weighted by Crippen LogP contribution is 2.14. The first-order chi connectivity index (χ1) is 7.80. The summed E-state index contributed by atoms with van der Waals surface area (Å²) in [4.78, 5) is 3.95. The van der Waals surface area contributed by atoms with Crippen molar-refractivity contribution >= 4 is 11.3 Å². The lowest BCUT2D eigenvalue weighted by molar-refractivity contribution is 0.230. The van der Waals surface area contributed by atoms with Crippen LogP contribution in [0.3, 0.4) is 0 Å². The molecule has 92 valence electrons. The van der Waals surface area contributed by atoms with Gasteiger partial charge < -0.3 is 5.73 Å². The van der Waals surface area contributed by atoms with Crippen LogP contribution in [0.1, 0.15) is 31.6 Å². The van der Waals surface area contributed by atoms with Gasteiger partial charge in [-0.1, -0.05) is 26.3 Å². The van der Waals surface area contributed by atoms with E-state index in [0.717, 1.165) is 26.2 Å². The van der Waals surface area contributed by atoms with Crippen molar-refractivity contribution in [3.63, 3.8) is 0 Å². The highest BCUT2D eigenvalue weighted by molar-refractivity contribution is 7.09. The average Bonchev–Trinajstić information content (AvgIpc) is 2.80. The Bertz CT molecular complexity index is 259. The van der Waals surface area contributed by atoms with E-state index in [1.54, 1.807) is 0 Å². The lowest BCUT2D eigenvalue weighted by Gasteiger charge is -2.25. The number of hydrogen-bond acceptors (Lipinski definition) is 3. The third-order valence-corrected chi connectivity index (χ3v) is 3.81. The third-order valence-electron chi connectivity index (χ3n) is 2.95. The van der Waals surface area contributed by atoms with Crippen molar-refractivity contribution in [3.05, 3.63) is 22.4 Å². The highest BCUT2D eigenvalue weighted by Gasteiger charge is 2.11. The van der Waals surface area contributed by atoms with E-state index in [1.807, 2.05) is 11.3 Å². The minimum Gasteiger partial charge on any atom is -0.330 e. The van der Waals surface area contributed by atoms with Gasteiger partial charge in [0.1, 0.15) is 0 Å². The SMILES string of the molecule is CCCC(CN)CN(CC)Cc1cccs1. The van der Waals surface area contributed by atoms with Crippen molar-refractivity contribution in [2.75, 3.05) is 19.6 Å². The molecule has 1 rings (SSSR count). The van der Waals surface area contributed by atoms with Crippen LogP contribution in [0.2, 0.25) is 0 Å². The van der Waals surface area contributed by atoms with Gasteiger partial charge in [-0.15, -0.1) is 11.3 Å². The molecule has 1 aromatic heterocycles. The van der Waals surface area contributed by atoms with Gasteiger partial charge in [0.05, 0.1) is 0 Å². The predicted molar refractivity (Wildman–Crippen MR) is 72.7 cm³/mol. The van der Waals surface area contributed by atoms with Gasteiger partial charge in [0.15, 0.2) is 0 Å². The summed E-state index contributed by atoms with van der Waals surface area (Å²) in [6.07, 6.45) is 2.48. The van der Waals surface area contributed by atoms with Crippen LogP contribution in [0.5, 0.6) is 0 Å². The zero-order valence-corrected chi connectivity index (χ0v) is 11.3. The Morgan fingerprint density at radius 2 is 2.25 bits per heavy atom. The van der Waals surface area contributed by atoms with Crippen molar-refractivity contribution in [2.45, 2.75) is 33.2 Å². The Morgan fingerprint density at radius 1 is 1.44 bits per heavy atom. The maximum absolute atomic E-state index is 5.81. The zero-order chi connectivity index (χ0) is 11.8. The number of hydrogen-bond donors (Lipinski definition) is 1. The van der Waals surface area contributed by atoms with Crippen LogP contribution in [0.15, 0.2) is 17.5 Å². The molecule has 0 spiro atoms. The molecule has 0 aliphatic carbocycles. The number of nitrogens with two attached hydrogens (primary N) is 1. The molecule has 16 heavy (non-hydrogen) atoms. The maximum atomic E-state index is 5.81. The quantitative estimate of drug-likeness (QED) is 0.757.